The molecule has 2 heterocycles. The molecular weight excluding hydrogens is 368 g/mol. The van der Waals surface area contributed by atoms with E-state index in [1.807, 2.05) is 32.0 Å². The van der Waals surface area contributed by atoms with Crippen LogP contribution in [0.4, 0.5) is 10.5 Å². The number of anilines is 1. The van der Waals surface area contributed by atoms with E-state index < -0.39 is 6.03 Å². The zero-order valence-electron chi connectivity index (χ0n) is 16.6. The van der Waals surface area contributed by atoms with Gasteiger partial charge in [0.2, 0.25) is 5.91 Å². The monoisotopic (exact) mass is 390 g/mol. The second-order valence-electron chi connectivity index (χ2n) is 7.55. The van der Waals surface area contributed by atoms with Gasteiger partial charge < -0.3 is 9.88 Å². The number of nitrogens with one attached hydrogen (secondary N) is 2. The van der Waals surface area contributed by atoms with Crippen molar-refractivity contribution in [1.82, 2.24) is 14.9 Å². The Morgan fingerprint density at radius 2 is 1.86 bits per heavy atom. The van der Waals surface area contributed by atoms with Crippen LogP contribution in [0.2, 0.25) is 0 Å². The van der Waals surface area contributed by atoms with Gasteiger partial charge in [0.15, 0.2) is 0 Å². The quantitative estimate of drug-likeness (QED) is 0.718. The van der Waals surface area contributed by atoms with Gasteiger partial charge in [-0.2, -0.15) is 0 Å². The molecule has 7 nitrogen and oxygen atoms in total. The number of imide groups is 1. The summed E-state index contributed by atoms with van der Waals surface area (Å²) in [6, 6.07) is 8.48. The van der Waals surface area contributed by atoms with Gasteiger partial charge in [0, 0.05) is 41.5 Å². The van der Waals surface area contributed by atoms with Crippen molar-refractivity contribution in [2.24, 2.45) is 13.0 Å². The minimum Gasteiger partial charge on any atom is -0.311 e. The van der Waals surface area contributed by atoms with E-state index in [1.54, 1.807) is 29.9 Å². The first-order valence-electron chi connectivity index (χ1n) is 9.53. The molecule has 3 amide bonds. The topological polar surface area (TPSA) is 93.1 Å². The van der Waals surface area contributed by atoms with Crippen molar-refractivity contribution >= 4 is 28.5 Å². The van der Waals surface area contributed by atoms with Gasteiger partial charge >= 0.3 is 6.03 Å². The number of hydrogen-bond donors (Lipinski definition) is 2. The lowest BCUT2D eigenvalue weighted by Crippen LogP contribution is -2.35. The fourth-order valence-electron chi connectivity index (χ4n) is 3.37. The number of carbonyl (C=O) groups excluding carboxylic acids is 2. The van der Waals surface area contributed by atoms with Crippen LogP contribution in [0.5, 0.6) is 0 Å². The number of amides is 3. The Hall–Kier alpha value is -3.48. The molecule has 0 saturated heterocycles. The number of benzene rings is 1. The predicted octanol–water partition coefficient (Wildman–Crippen LogP) is 3.28. The zero-order chi connectivity index (χ0) is 20.7. The normalized spacial score (nSPS) is 13.3. The van der Waals surface area contributed by atoms with Crippen LogP contribution in [0.15, 0.2) is 41.3 Å². The van der Waals surface area contributed by atoms with E-state index in [2.05, 4.69) is 15.6 Å². The molecule has 0 spiro atoms. The van der Waals surface area contributed by atoms with Gasteiger partial charge in [-0.05, 0) is 62.1 Å². The summed E-state index contributed by atoms with van der Waals surface area (Å²) in [5.41, 5.74) is 4.19. The van der Waals surface area contributed by atoms with Crippen LogP contribution in [0.1, 0.15) is 24.1 Å². The molecule has 0 atom stereocenters. The minimum atomic E-state index is -0.567. The molecule has 7 heteroatoms. The molecule has 1 aliphatic rings. The third-order valence-electron chi connectivity index (χ3n) is 5.22. The van der Waals surface area contributed by atoms with E-state index in [4.69, 9.17) is 0 Å². The highest BCUT2D eigenvalue weighted by Crippen LogP contribution is 2.29. The van der Waals surface area contributed by atoms with Gasteiger partial charge in [0.05, 0.1) is 5.52 Å². The van der Waals surface area contributed by atoms with Crippen LogP contribution in [0, 0.1) is 19.8 Å². The Bertz CT molecular complexity index is 1210. The van der Waals surface area contributed by atoms with E-state index in [-0.39, 0.29) is 17.4 Å². The lowest BCUT2D eigenvalue weighted by Gasteiger charge is -2.13. The molecule has 148 valence electrons. The van der Waals surface area contributed by atoms with E-state index in [1.165, 1.54) is 0 Å². The number of carbonyl (C=O) groups is 2. The molecule has 1 aliphatic carbocycles. The maximum absolute atomic E-state index is 13.0. The standard InChI is InChI=1S/C22H22N4O3/c1-12-4-7-16(24-22(29)25-20(27)14-5-6-14)10-17(12)18-9-15-11-23-13(2)8-19(15)26(3)21(18)28/h4,7-11,14H,5-6H2,1-3H3,(H2,24,25,27,29). The van der Waals surface area contributed by atoms with E-state index in [0.29, 0.717) is 11.3 Å². The van der Waals surface area contributed by atoms with Crippen LogP contribution in [-0.4, -0.2) is 21.5 Å². The van der Waals surface area contributed by atoms with Crippen LogP contribution in [0.3, 0.4) is 0 Å². The summed E-state index contributed by atoms with van der Waals surface area (Å²) in [5, 5.41) is 5.89. The van der Waals surface area contributed by atoms with Crippen molar-refractivity contribution in [3.05, 3.63) is 58.1 Å². The number of hydrogen-bond acceptors (Lipinski definition) is 4. The first-order valence-corrected chi connectivity index (χ1v) is 9.53. The Labute approximate surface area is 167 Å². The summed E-state index contributed by atoms with van der Waals surface area (Å²) in [6.07, 6.45) is 3.41. The summed E-state index contributed by atoms with van der Waals surface area (Å²) in [5.74, 6) is -0.298. The van der Waals surface area contributed by atoms with Crippen molar-refractivity contribution < 1.29 is 9.59 Å². The molecule has 1 saturated carbocycles. The zero-order valence-corrected chi connectivity index (χ0v) is 16.6. The number of aryl methyl sites for hydroxylation is 3. The Morgan fingerprint density at radius 1 is 1.10 bits per heavy atom. The molecule has 2 aromatic heterocycles. The summed E-state index contributed by atoms with van der Waals surface area (Å²) in [7, 11) is 1.74. The Morgan fingerprint density at radius 3 is 2.59 bits per heavy atom. The third kappa shape index (κ3) is 3.76. The molecule has 4 rings (SSSR count). The van der Waals surface area contributed by atoms with Gasteiger partial charge in [-0.25, -0.2) is 4.79 Å². The molecule has 0 unspecified atom stereocenters. The van der Waals surface area contributed by atoms with Gasteiger partial charge in [-0.1, -0.05) is 6.07 Å². The molecule has 0 radical (unpaired) electrons. The molecule has 1 aromatic carbocycles. The lowest BCUT2D eigenvalue weighted by atomic mass is 9.99. The number of fused-ring (bicyclic) bond motifs is 1. The lowest BCUT2D eigenvalue weighted by molar-refractivity contribution is -0.121. The second kappa shape index (κ2) is 7.16. The highest BCUT2D eigenvalue weighted by molar-refractivity contribution is 6.02. The Balaban J connectivity index is 1.70. The summed E-state index contributed by atoms with van der Waals surface area (Å²) in [6.45, 7) is 3.79. The maximum atomic E-state index is 13.0. The van der Waals surface area contributed by atoms with Gasteiger partial charge in [0.1, 0.15) is 0 Å². The molecule has 3 aromatic rings. The van der Waals surface area contributed by atoms with Crippen LogP contribution < -0.4 is 16.2 Å². The molecular formula is C22H22N4O3. The smallest absolute Gasteiger partial charge is 0.311 e. The molecule has 0 bridgehead atoms. The highest BCUT2D eigenvalue weighted by Gasteiger charge is 2.30. The average Bonchev–Trinajstić information content (AvgIpc) is 3.52. The van der Waals surface area contributed by atoms with Crippen LogP contribution >= 0.6 is 0 Å². The van der Waals surface area contributed by atoms with Crippen molar-refractivity contribution in [3.63, 3.8) is 0 Å². The predicted molar refractivity (Wildman–Crippen MR) is 112 cm³/mol. The van der Waals surface area contributed by atoms with Gasteiger partial charge in [0.25, 0.3) is 5.56 Å². The molecule has 29 heavy (non-hydrogen) atoms. The largest absolute Gasteiger partial charge is 0.325 e. The average molecular weight is 390 g/mol. The van der Waals surface area contributed by atoms with E-state index >= 15 is 0 Å². The SMILES string of the molecule is Cc1cc2c(cn1)cc(-c1cc(NC(=O)NC(=O)C3CC3)ccc1C)c(=O)n2C. The number of rotatable bonds is 3. The van der Waals surface area contributed by atoms with E-state index in [9.17, 15) is 14.4 Å². The first-order chi connectivity index (χ1) is 13.8. The second-order valence-corrected chi connectivity index (χ2v) is 7.55. The van der Waals surface area contributed by atoms with Gasteiger partial charge in [-0.3, -0.25) is 19.9 Å². The van der Waals surface area contributed by atoms with Crippen molar-refractivity contribution in [2.75, 3.05) is 5.32 Å². The highest BCUT2D eigenvalue weighted by atomic mass is 16.2. The minimum absolute atomic E-state index is 0.0489. The van der Waals surface area contributed by atoms with E-state index in [0.717, 1.165) is 40.6 Å². The van der Waals surface area contributed by atoms with Crippen molar-refractivity contribution in [3.8, 4) is 11.1 Å². The fourth-order valence-corrected chi connectivity index (χ4v) is 3.37. The number of urea groups is 1. The van der Waals surface area contributed by atoms with Crippen LogP contribution in [-0.2, 0) is 11.8 Å². The fraction of sp³-hybridized carbons (Fsp3) is 0.273. The molecule has 0 aliphatic heterocycles. The Kier molecular flexibility index (Phi) is 4.66. The summed E-state index contributed by atoms with van der Waals surface area (Å²) >= 11 is 0. The number of aromatic nitrogens is 2. The summed E-state index contributed by atoms with van der Waals surface area (Å²) in [4.78, 5) is 41.2. The van der Waals surface area contributed by atoms with Crippen molar-refractivity contribution in [2.45, 2.75) is 26.7 Å². The van der Waals surface area contributed by atoms with Crippen LogP contribution in [0.25, 0.3) is 22.0 Å². The maximum Gasteiger partial charge on any atom is 0.325 e. The third-order valence-corrected chi connectivity index (χ3v) is 5.22. The number of pyridine rings is 2. The summed E-state index contributed by atoms with van der Waals surface area (Å²) < 4.78 is 1.61. The molecule has 1 fully saturated rings. The number of nitrogens with zero attached hydrogens (tertiary/aromatic N) is 2. The van der Waals surface area contributed by atoms with Crippen molar-refractivity contribution in [1.29, 1.82) is 0 Å². The first kappa shape index (κ1) is 18.9. The molecule has 2 N–H and O–H groups in total. The van der Waals surface area contributed by atoms with Gasteiger partial charge in [-0.15, -0.1) is 0 Å².